The van der Waals surface area contributed by atoms with Crippen LogP contribution in [0.1, 0.15) is 44.2 Å². The van der Waals surface area contributed by atoms with Crippen molar-refractivity contribution in [1.29, 1.82) is 5.26 Å². The van der Waals surface area contributed by atoms with Crippen LogP contribution in [-0.2, 0) is 11.8 Å². The number of hydrogen-bond acceptors (Lipinski definition) is 1. The Morgan fingerprint density at radius 2 is 2.19 bits per heavy atom. The Hall–Kier alpha value is -1.29. The summed E-state index contributed by atoms with van der Waals surface area (Å²) in [7, 11) is 0. The summed E-state index contributed by atoms with van der Waals surface area (Å²) in [6.45, 7) is 4.45. The zero-order chi connectivity index (χ0) is 11.6. The van der Waals surface area contributed by atoms with E-state index in [0.29, 0.717) is 5.92 Å². The molecule has 1 aromatic carbocycles. The van der Waals surface area contributed by atoms with Gasteiger partial charge in [0.05, 0.1) is 11.5 Å². The monoisotopic (exact) mass is 213 g/mol. The molecule has 0 amide bonds. The van der Waals surface area contributed by atoms with Crippen molar-refractivity contribution in [2.75, 3.05) is 0 Å². The van der Waals surface area contributed by atoms with Gasteiger partial charge in [0.25, 0.3) is 0 Å². The molecular weight excluding hydrogens is 194 g/mol. The first-order valence-electron chi connectivity index (χ1n) is 6.21. The lowest BCUT2D eigenvalue weighted by molar-refractivity contribution is 0.388. The van der Waals surface area contributed by atoms with Crippen molar-refractivity contribution in [3.63, 3.8) is 0 Å². The Labute approximate surface area is 98.1 Å². The maximum absolute atomic E-state index is 9.56. The van der Waals surface area contributed by atoms with Gasteiger partial charge >= 0.3 is 0 Å². The quantitative estimate of drug-likeness (QED) is 0.748. The van der Waals surface area contributed by atoms with E-state index >= 15 is 0 Å². The van der Waals surface area contributed by atoms with Crippen molar-refractivity contribution >= 4 is 0 Å². The van der Waals surface area contributed by atoms with E-state index in [9.17, 15) is 5.26 Å². The number of hydrogen-bond donors (Lipinski definition) is 0. The number of benzene rings is 1. The first kappa shape index (κ1) is 11.2. The van der Waals surface area contributed by atoms with Crippen LogP contribution in [-0.4, -0.2) is 0 Å². The Bertz CT molecular complexity index is 416. The third kappa shape index (κ3) is 1.73. The molecule has 2 unspecified atom stereocenters. The van der Waals surface area contributed by atoms with Crippen LogP contribution in [0.25, 0.3) is 0 Å². The van der Waals surface area contributed by atoms with Crippen molar-refractivity contribution in [3.05, 3.63) is 35.4 Å². The highest BCUT2D eigenvalue weighted by Gasteiger charge is 2.39. The molecule has 0 N–H and O–H groups in total. The fourth-order valence-electron chi connectivity index (χ4n) is 2.80. The van der Waals surface area contributed by atoms with Crippen molar-refractivity contribution in [1.82, 2.24) is 0 Å². The van der Waals surface area contributed by atoms with E-state index in [2.05, 4.69) is 44.2 Å². The van der Waals surface area contributed by atoms with Gasteiger partial charge in [-0.3, -0.25) is 0 Å². The molecule has 2 atom stereocenters. The standard InChI is InChI=1S/C15H19N/c1-3-12(2)10-15(11-16)9-8-13-6-4-5-7-14(13)15/h4-7,12H,3,8-10H2,1-2H3. The molecule has 2 rings (SSSR count). The summed E-state index contributed by atoms with van der Waals surface area (Å²) in [5, 5.41) is 9.56. The van der Waals surface area contributed by atoms with Gasteiger partial charge in [-0.05, 0) is 36.3 Å². The van der Waals surface area contributed by atoms with E-state index < -0.39 is 0 Å². The number of aryl methyl sites for hydroxylation is 1. The summed E-state index contributed by atoms with van der Waals surface area (Å²) in [4.78, 5) is 0. The fraction of sp³-hybridized carbons (Fsp3) is 0.533. The maximum Gasteiger partial charge on any atom is 0.0830 e. The Balaban J connectivity index is 2.35. The minimum Gasteiger partial charge on any atom is -0.197 e. The van der Waals surface area contributed by atoms with E-state index in [0.717, 1.165) is 25.7 Å². The first-order valence-corrected chi connectivity index (χ1v) is 6.21. The largest absolute Gasteiger partial charge is 0.197 e. The third-order valence-corrected chi connectivity index (χ3v) is 3.96. The third-order valence-electron chi connectivity index (χ3n) is 3.96. The number of fused-ring (bicyclic) bond motifs is 1. The lowest BCUT2D eigenvalue weighted by Gasteiger charge is -2.25. The summed E-state index contributed by atoms with van der Waals surface area (Å²) in [5.74, 6) is 0.630. The van der Waals surface area contributed by atoms with Crippen molar-refractivity contribution in [2.45, 2.75) is 44.9 Å². The molecular formula is C15H19N. The normalized spacial score (nSPS) is 24.8. The Kier molecular flexibility index (Phi) is 3.01. The van der Waals surface area contributed by atoms with Crippen LogP contribution in [0.3, 0.4) is 0 Å². The molecule has 0 saturated heterocycles. The number of rotatable bonds is 3. The van der Waals surface area contributed by atoms with Gasteiger partial charge in [-0.2, -0.15) is 5.26 Å². The lowest BCUT2D eigenvalue weighted by Crippen LogP contribution is -2.23. The first-order chi connectivity index (χ1) is 7.72. The van der Waals surface area contributed by atoms with Gasteiger partial charge in [0, 0.05) is 0 Å². The highest BCUT2D eigenvalue weighted by atomic mass is 14.4. The van der Waals surface area contributed by atoms with E-state index in [1.807, 2.05) is 0 Å². The second kappa shape index (κ2) is 4.29. The molecule has 1 nitrogen and oxygen atoms in total. The Morgan fingerprint density at radius 3 is 2.88 bits per heavy atom. The van der Waals surface area contributed by atoms with Crippen LogP contribution in [0.15, 0.2) is 24.3 Å². The maximum atomic E-state index is 9.56. The van der Waals surface area contributed by atoms with Crippen molar-refractivity contribution in [2.24, 2.45) is 5.92 Å². The predicted octanol–water partition coefficient (Wildman–Crippen LogP) is 3.83. The van der Waals surface area contributed by atoms with Gasteiger partial charge in [0.1, 0.15) is 0 Å². The SMILES string of the molecule is CCC(C)CC1(C#N)CCc2ccccc21. The highest BCUT2D eigenvalue weighted by molar-refractivity contribution is 5.44. The van der Waals surface area contributed by atoms with Gasteiger partial charge in [-0.25, -0.2) is 0 Å². The van der Waals surface area contributed by atoms with E-state index in [-0.39, 0.29) is 5.41 Å². The van der Waals surface area contributed by atoms with Gasteiger partial charge < -0.3 is 0 Å². The number of nitrogens with zero attached hydrogens (tertiary/aromatic N) is 1. The molecule has 1 aliphatic carbocycles. The molecule has 0 spiro atoms. The molecule has 0 radical (unpaired) electrons. The minimum atomic E-state index is -0.202. The molecule has 0 aromatic heterocycles. The fourth-order valence-corrected chi connectivity index (χ4v) is 2.80. The second-order valence-electron chi connectivity index (χ2n) is 5.07. The topological polar surface area (TPSA) is 23.8 Å². The lowest BCUT2D eigenvalue weighted by atomic mass is 9.76. The molecule has 0 aliphatic heterocycles. The average Bonchev–Trinajstić information content (AvgIpc) is 2.69. The van der Waals surface area contributed by atoms with Gasteiger partial charge in [0.2, 0.25) is 0 Å². The van der Waals surface area contributed by atoms with Crippen LogP contribution in [0.4, 0.5) is 0 Å². The van der Waals surface area contributed by atoms with E-state index in [4.69, 9.17) is 0 Å². The van der Waals surface area contributed by atoms with Crippen molar-refractivity contribution < 1.29 is 0 Å². The predicted molar refractivity (Wildman–Crippen MR) is 66.1 cm³/mol. The van der Waals surface area contributed by atoms with Crippen molar-refractivity contribution in [3.8, 4) is 6.07 Å². The number of nitriles is 1. The van der Waals surface area contributed by atoms with Crippen LogP contribution in [0.5, 0.6) is 0 Å². The summed E-state index contributed by atoms with van der Waals surface area (Å²) in [6.07, 6.45) is 4.25. The molecule has 0 saturated carbocycles. The van der Waals surface area contributed by atoms with Crippen LogP contribution in [0, 0.1) is 17.2 Å². The van der Waals surface area contributed by atoms with Gasteiger partial charge in [-0.15, -0.1) is 0 Å². The van der Waals surface area contributed by atoms with E-state index in [1.54, 1.807) is 0 Å². The molecule has 1 aromatic rings. The summed E-state index contributed by atoms with van der Waals surface area (Å²) < 4.78 is 0. The van der Waals surface area contributed by atoms with Gasteiger partial charge in [-0.1, -0.05) is 44.5 Å². The van der Waals surface area contributed by atoms with Crippen LogP contribution >= 0.6 is 0 Å². The molecule has 0 heterocycles. The summed E-state index contributed by atoms with van der Waals surface area (Å²) in [5.41, 5.74) is 2.47. The minimum absolute atomic E-state index is 0.202. The van der Waals surface area contributed by atoms with Gasteiger partial charge in [0.15, 0.2) is 0 Å². The highest BCUT2D eigenvalue weighted by Crippen LogP contribution is 2.43. The second-order valence-corrected chi connectivity index (χ2v) is 5.07. The molecule has 0 fully saturated rings. The zero-order valence-electron chi connectivity index (χ0n) is 10.2. The Morgan fingerprint density at radius 1 is 1.44 bits per heavy atom. The zero-order valence-corrected chi connectivity index (χ0v) is 10.2. The molecule has 1 heteroatoms. The average molecular weight is 213 g/mol. The summed E-state index contributed by atoms with van der Waals surface area (Å²) in [6, 6.07) is 11.1. The molecule has 1 aliphatic rings. The smallest absolute Gasteiger partial charge is 0.0830 e. The van der Waals surface area contributed by atoms with Crippen LogP contribution in [0.2, 0.25) is 0 Å². The van der Waals surface area contributed by atoms with Crippen LogP contribution < -0.4 is 0 Å². The molecule has 84 valence electrons. The molecule has 16 heavy (non-hydrogen) atoms. The summed E-state index contributed by atoms with van der Waals surface area (Å²) >= 11 is 0. The molecule has 0 bridgehead atoms. The van der Waals surface area contributed by atoms with E-state index in [1.165, 1.54) is 11.1 Å².